The van der Waals surface area contributed by atoms with Crippen molar-refractivity contribution in [3.05, 3.63) is 10.6 Å². The summed E-state index contributed by atoms with van der Waals surface area (Å²) in [5.41, 5.74) is 6.50. The van der Waals surface area contributed by atoms with E-state index < -0.39 is 0 Å². The summed E-state index contributed by atoms with van der Waals surface area (Å²) in [6.45, 7) is 1.85. The van der Waals surface area contributed by atoms with Gasteiger partial charge in [-0.05, 0) is 51.6 Å². The molecule has 0 aromatic carbocycles. The molecule has 1 aliphatic heterocycles. The minimum atomic E-state index is -0.224. The summed E-state index contributed by atoms with van der Waals surface area (Å²) in [5.74, 6) is -0.284. The van der Waals surface area contributed by atoms with Gasteiger partial charge in [0.15, 0.2) is 5.13 Å². The summed E-state index contributed by atoms with van der Waals surface area (Å²) >= 11 is 1.62. The maximum Gasteiger partial charge on any atom is 0.240 e. The summed E-state index contributed by atoms with van der Waals surface area (Å²) in [6.07, 6.45) is 7.29. The lowest BCUT2D eigenvalue weighted by Gasteiger charge is -2.29. The Balaban J connectivity index is 1.49. The second-order valence-corrected chi connectivity index (χ2v) is 7.53. The van der Waals surface area contributed by atoms with E-state index in [1.165, 1.54) is 29.8 Å². The molecule has 0 saturated carbocycles. The fourth-order valence-corrected chi connectivity index (χ4v) is 4.39. The van der Waals surface area contributed by atoms with Crippen molar-refractivity contribution in [1.29, 1.82) is 0 Å². The first-order valence-corrected chi connectivity index (χ1v) is 9.23. The molecule has 1 aromatic rings. The van der Waals surface area contributed by atoms with Crippen LogP contribution < -0.4 is 11.1 Å². The molecule has 2 amide bonds. The van der Waals surface area contributed by atoms with Crippen molar-refractivity contribution in [2.24, 2.45) is 11.7 Å². The van der Waals surface area contributed by atoms with Crippen LogP contribution in [0.3, 0.4) is 0 Å². The lowest BCUT2D eigenvalue weighted by Crippen LogP contribution is -2.42. The van der Waals surface area contributed by atoms with Crippen LogP contribution >= 0.6 is 11.3 Å². The zero-order valence-corrected chi connectivity index (χ0v) is 14.2. The highest BCUT2D eigenvalue weighted by Gasteiger charge is 2.24. The number of aromatic nitrogens is 1. The predicted octanol–water partition coefficient (Wildman–Crippen LogP) is 1.55. The van der Waals surface area contributed by atoms with Crippen molar-refractivity contribution in [2.45, 2.75) is 44.9 Å². The third kappa shape index (κ3) is 4.29. The second kappa shape index (κ2) is 7.40. The van der Waals surface area contributed by atoms with Crippen molar-refractivity contribution >= 4 is 28.3 Å². The van der Waals surface area contributed by atoms with E-state index in [2.05, 4.69) is 15.2 Å². The SMILES string of the molecule is NC(=O)C1CCN(CC(=O)Nc2nc3c(s2)CCCCC3)CC1. The molecule has 2 aliphatic rings. The van der Waals surface area contributed by atoms with Crippen molar-refractivity contribution in [2.75, 3.05) is 25.0 Å². The highest BCUT2D eigenvalue weighted by atomic mass is 32.1. The highest BCUT2D eigenvalue weighted by Crippen LogP contribution is 2.28. The Labute approximate surface area is 140 Å². The van der Waals surface area contributed by atoms with Crippen LogP contribution in [0, 0.1) is 5.92 Å². The molecule has 126 valence electrons. The van der Waals surface area contributed by atoms with Gasteiger partial charge in [0.2, 0.25) is 11.8 Å². The number of rotatable bonds is 4. The van der Waals surface area contributed by atoms with E-state index in [4.69, 9.17) is 5.73 Å². The molecular formula is C16H24N4O2S. The summed E-state index contributed by atoms with van der Waals surface area (Å²) in [7, 11) is 0. The monoisotopic (exact) mass is 336 g/mol. The normalized spacial score (nSPS) is 19.8. The minimum absolute atomic E-state index is 0.0218. The number of carbonyl (C=O) groups is 2. The molecule has 23 heavy (non-hydrogen) atoms. The van der Waals surface area contributed by atoms with Gasteiger partial charge < -0.3 is 11.1 Å². The minimum Gasteiger partial charge on any atom is -0.369 e. The van der Waals surface area contributed by atoms with Crippen LogP contribution in [0.5, 0.6) is 0 Å². The summed E-state index contributed by atoms with van der Waals surface area (Å²) in [5, 5.41) is 3.67. The Bertz CT molecular complexity index is 555. The number of likely N-dealkylation sites (tertiary alicyclic amines) is 1. The number of hydrogen-bond acceptors (Lipinski definition) is 5. The zero-order valence-electron chi connectivity index (χ0n) is 13.3. The number of anilines is 1. The molecule has 6 nitrogen and oxygen atoms in total. The second-order valence-electron chi connectivity index (χ2n) is 6.45. The molecule has 1 aromatic heterocycles. The van der Waals surface area contributed by atoms with E-state index >= 15 is 0 Å². The maximum absolute atomic E-state index is 12.2. The third-order valence-corrected chi connectivity index (χ3v) is 5.77. The average molecular weight is 336 g/mol. The zero-order chi connectivity index (χ0) is 16.2. The number of nitrogens with zero attached hydrogens (tertiary/aromatic N) is 2. The number of amides is 2. The first-order valence-electron chi connectivity index (χ1n) is 8.42. The van der Waals surface area contributed by atoms with Gasteiger partial charge in [-0.15, -0.1) is 11.3 Å². The molecular weight excluding hydrogens is 312 g/mol. The Morgan fingerprint density at radius 1 is 1.22 bits per heavy atom. The van der Waals surface area contributed by atoms with E-state index in [0.29, 0.717) is 6.54 Å². The number of aryl methyl sites for hydroxylation is 2. The number of nitrogens with two attached hydrogens (primary N) is 1. The van der Waals surface area contributed by atoms with Gasteiger partial charge in [-0.2, -0.15) is 0 Å². The number of hydrogen-bond donors (Lipinski definition) is 2. The largest absolute Gasteiger partial charge is 0.369 e. The topological polar surface area (TPSA) is 88.3 Å². The fourth-order valence-electron chi connectivity index (χ4n) is 3.32. The van der Waals surface area contributed by atoms with E-state index in [0.717, 1.165) is 43.9 Å². The Morgan fingerprint density at radius 3 is 2.70 bits per heavy atom. The summed E-state index contributed by atoms with van der Waals surface area (Å²) in [4.78, 5) is 31.4. The first kappa shape index (κ1) is 16.4. The molecule has 0 bridgehead atoms. The van der Waals surface area contributed by atoms with Gasteiger partial charge in [0.1, 0.15) is 0 Å². The number of fused-ring (bicyclic) bond motifs is 1. The molecule has 1 fully saturated rings. The van der Waals surface area contributed by atoms with Crippen LogP contribution in [-0.4, -0.2) is 41.3 Å². The lowest BCUT2D eigenvalue weighted by molar-refractivity contribution is -0.123. The van der Waals surface area contributed by atoms with Gasteiger partial charge in [0.25, 0.3) is 0 Å². The smallest absolute Gasteiger partial charge is 0.240 e. The maximum atomic E-state index is 12.2. The van der Waals surface area contributed by atoms with E-state index in [1.807, 2.05) is 0 Å². The Kier molecular flexibility index (Phi) is 5.27. The molecule has 1 aliphatic carbocycles. The predicted molar refractivity (Wildman–Crippen MR) is 90.4 cm³/mol. The molecule has 0 unspecified atom stereocenters. The molecule has 0 atom stereocenters. The summed E-state index contributed by atoms with van der Waals surface area (Å²) in [6, 6.07) is 0. The first-order chi connectivity index (χ1) is 11.1. The number of piperidine rings is 1. The molecule has 0 spiro atoms. The molecule has 0 radical (unpaired) electrons. The standard InChI is InChI=1S/C16H24N4O2S/c17-15(22)11-6-8-20(9-7-11)10-14(21)19-16-18-12-4-2-1-3-5-13(12)23-16/h11H,1-10H2,(H2,17,22)(H,18,19,21). The lowest BCUT2D eigenvalue weighted by atomic mass is 9.96. The van der Waals surface area contributed by atoms with Crippen LogP contribution in [0.25, 0.3) is 0 Å². The van der Waals surface area contributed by atoms with Crippen LogP contribution in [0.2, 0.25) is 0 Å². The van der Waals surface area contributed by atoms with Gasteiger partial charge in [-0.3, -0.25) is 14.5 Å². The van der Waals surface area contributed by atoms with E-state index in [9.17, 15) is 9.59 Å². The fraction of sp³-hybridized carbons (Fsp3) is 0.688. The molecule has 1 saturated heterocycles. The molecule has 2 heterocycles. The number of carbonyl (C=O) groups excluding carboxylic acids is 2. The molecule has 3 N–H and O–H groups in total. The van der Waals surface area contributed by atoms with Crippen molar-refractivity contribution < 1.29 is 9.59 Å². The third-order valence-electron chi connectivity index (χ3n) is 4.70. The molecule has 3 rings (SSSR count). The quantitative estimate of drug-likeness (QED) is 0.817. The van der Waals surface area contributed by atoms with Crippen molar-refractivity contribution in [3.63, 3.8) is 0 Å². The van der Waals surface area contributed by atoms with Crippen molar-refractivity contribution in [3.8, 4) is 0 Å². The summed E-state index contributed by atoms with van der Waals surface area (Å²) < 4.78 is 0. The van der Waals surface area contributed by atoms with Gasteiger partial charge in [0, 0.05) is 10.8 Å². The van der Waals surface area contributed by atoms with Crippen LogP contribution in [-0.2, 0) is 22.4 Å². The van der Waals surface area contributed by atoms with Gasteiger partial charge >= 0.3 is 0 Å². The van der Waals surface area contributed by atoms with Crippen LogP contribution in [0.1, 0.15) is 42.7 Å². The van der Waals surface area contributed by atoms with Crippen LogP contribution in [0.4, 0.5) is 5.13 Å². The molecule has 7 heteroatoms. The number of primary amides is 1. The number of nitrogens with one attached hydrogen (secondary N) is 1. The van der Waals surface area contributed by atoms with E-state index in [1.54, 1.807) is 11.3 Å². The Morgan fingerprint density at radius 2 is 1.96 bits per heavy atom. The van der Waals surface area contributed by atoms with Gasteiger partial charge in [-0.1, -0.05) is 6.42 Å². The van der Waals surface area contributed by atoms with E-state index in [-0.39, 0.29) is 17.7 Å². The van der Waals surface area contributed by atoms with Gasteiger partial charge in [0.05, 0.1) is 12.2 Å². The van der Waals surface area contributed by atoms with Gasteiger partial charge in [-0.25, -0.2) is 4.98 Å². The average Bonchev–Trinajstić information content (AvgIpc) is 2.76. The Hall–Kier alpha value is -1.47. The number of thiazole rings is 1. The van der Waals surface area contributed by atoms with Crippen molar-refractivity contribution in [1.82, 2.24) is 9.88 Å². The highest BCUT2D eigenvalue weighted by molar-refractivity contribution is 7.15. The van der Waals surface area contributed by atoms with Crippen LogP contribution in [0.15, 0.2) is 0 Å².